The lowest BCUT2D eigenvalue weighted by atomic mass is 9.91. The summed E-state index contributed by atoms with van der Waals surface area (Å²) >= 11 is 9.27. The molecule has 0 atom stereocenters. The molecule has 2 rings (SSSR count). The van der Waals surface area contributed by atoms with Gasteiger partial charge in [-0.25, -0.2) is 0 Å². The summed E-state index contributed by atoms with van der Waals surface area (Å²) in [5, 5.41) is 0.588. The number of ketones is 1. The maximum absolute atomic E-state index is 12.2. The van der Waals surface area contributed by atoms with E-state index in [2.05, 4.69) is 15.9 Å². The molecule has 0 spiro atoms. The molecule has 1 aliphatic rings. The Morgan fingerprint density at radius 1 is 1.31 bits per heavy atom. The second kappa shape index (κ2) is 5.30. The van der Waals surface area contributed by atoms with Crippen molar-refractivity contribution in [1.82, 2.24) is 0 Å². The van der Waals surface area contributed by atoms with Crippen LogP contribution in [0, 0.1) is 5.92 Å². The van der Waals surface area contributed by atoms with E-state index in [1.165, 1.54) is 0 Å². The molecule has 1 aromatic rings. The highest BCUT2D eigenvalue weighted by atomic mass is 79.9. The molecule has 0 bridgehead atoms. The Hall–Kier alpha value is -0.380. The highest BCUT2D eigenvalue weighted by Gasteiger charge is 2.23. The van der Waals surface area contributed by atoms with Crippen molar-refractivity contribution < 1.29 is 9.53 Å². The molecule has 0 amide bonds. The lowest BCUT2D eigenvalue weighted by Crippen LogP contribution is -2.23. The highest BCUT2D eigenvalue weighted by Crippen LogP contribution is 2.25. The van der Waals surface area contributed by atoms with Gasteiger partial charge >= 0.3 is 0 Å². The van der Waals surface area contributed by atoms with E-state index in [9.17, 15) is 4.79 Å². The van der Waals surface area contributed by atoms with Crippen molar-refractivity contribution in [2.24, 2.45) is 5.92 Å². The Morgan fingerprint density at radius 3 is 2.62 bits per heavy atom. The second-order valence-electron chi connectivity index (χ2n) is 3.91. The molecule has 1 fully saturated rings. The SMILES string of the molecule is O=C(c1cc(Cl)cc(Br)c1)C1CCOCC1. The number of Topliss-reactive ketones (excluding diaryl/α,β-unsaturated/α-hetero) is 1. The first kappa shape index (κ1) is 12.1. The van der Waals surface area contributed by atoms with Crippen LogP contribution >= 0.6 is 27.5 Å². The molecule has 1 heterocycles. The van der Waals surface area contributed by atoms with Gasteiger partial charge in [0.15, 0.2) is 5.78 Å². The van der Waals surface area contributed by atoms with Crippen LogP contribution < -0.4 is 0 Å². The van der Waals surface area contributed by atoms with E-state index >= 15 is 0 Å². The van der Waals surface area contributed by atoms with Gasteiger partial charge < -0.3 is 4.74 Å². The summed E-state index contributed by atoms with van der Waals surface area (Å²) in [6.45, 7) is 1.36. The first-order valence-electron chi connectivity index (χ1n) is 5.25. The van der Waals surface area contributed by atoms with E-state index in [1.54, 1.807) is 12.1 Å². The summed E-state index contributed by atoms with van der Waals surface area (Å²) in [7, 11) is 0. The maximum atomic E-state index is 12.2. The molecule has 1 aromatic carbocycles. The van der Waals surface area contributed by atoms with Crippen molar-refractivity contribution in [3.63, 3.8) is 0 Å². The molecular formula is C12H12BrClO2. The molecule has 0 N–H and O–H groups in total. The van der Waals surface area contributed by atoms with Crippen molar-refractivity contribution >= 4 is 33.3 Å². The molecule has 4 heteroatoms. The number of hydrogen-bond donors (Lipinski definition) is 0. The van der Waals surface area contributed by atoms with Crippen molar-refractivity contribution in [3.05, 3.63) is 33.3 Å². The third kappa shape index (κ3) is 2.84. The Balaban J connectivity index is 2.19. The van der Waals surface area contributed by atoms with Crippen LogP contribution in [-0.2, 0) is 4.74 Å². The molecule has 1 aliphatic heterocycles. The summed E-state index contributed by atoms with van der Waals surface area (Å²) < 4.78 is 6.09. The van der Waals surface area contributed by atoms with Gasteiger partial charge in [-0.05, 0) is 31.0 Å². The lowest BCUT2D eigenvalue weighted by Gasteiger charge is -2.20. The molecule has 0 unspecified atom stereocenters. The van der Waals surface area contributed by atoms with E-state index in [-0.39, 0.29) is 11.7 Å². The third-order valence-corrected chi connectivity index (χ3v) is 3.42. The summed E-state index contributed by atoms with van der Waals surface area (Å²) in [5.74, 6) is 0.255. The van der Waals surface area contributed by atoms with Gasteiger partial charge in [0, 0.05) is 34.2 Å². The van der Waals surface area contributed by atoms with Gasteiger partial charge in [-0.3, -0.25) is 4.79 Å². The van der Waals surface area contributed by atoms with Crippen molar-refractivity contribution in [3.8, 4) is 0 Å². The maximum Gasteiger partial charge on any atom is 0.166 e. The average Bonchev–Trinajstić information content (AvgIpc) is 2.28. The summed E-state index contributed by atoms with van der Waals surface area (Å²) in [6.07, 6.45) is 1.62. The molecule has 0 aliphatic carbocycles. The Labute approximate surface area is 108 Å². The molecule has 16 heavy (non-hydrogen) atoms. The molecule has 2 nitrogen and oxygen atoms in total. The molecular weight excluding hydrogens is 291 g/mol. The molecule has 0 aromatic heterocycles. The van der Waals surface area contributed by atoms with E-state index in [4.69, 9.17) is 16.3 Å². The van der Waals surface area contributed by atoms with E-state index in [0.29, 0.717) is 23.8 Å². The van der Waals surface area contributed by atoms with Gasteiger partial charge in [0.05, 0.1) is 0 Å². The number of carbonyl (C=O) groups excluding carboxylic acids is 1. The number of benzene rings is 1. The van der Waals surface area contributed by atoms with Gasteiger partial charge in [0.25, 0.3) is 0 Å². The smallest absolute Gasteiger partial charge is 0.166 e. The third-order valence-electron chi connectivity index (χ3n) is 2.74. The predicted molar refractivity (Wildman–Crippen MR) is 67.0 cm³/mol. The van der Waals surface area contributed by atoms with E-state index in [1.807, 2.05) is 6.07 Å². The fourth-order valence-electron chi connectivity index (χ4n) is 1.89. The van der Waals surface area contributed by atoms with Crippen molar-refractivity contribution in [2.75, 3.05) is 13.2 Å². The molecule has 0 radical (unpaired) electrons. The fourth-order valence-corrected chi connectivity index (χ4v) is 2.75. The van der Waals surface area contributed by atoms with E-state index < -0.39 is 0 Å². The van der Waals surface area contributed by atoms with Gasteiger partial charge in [-0.15, -0.1) is 0 Å². The number of carbonyl (C=O) groups is 1. The van der Waals surface area contributed by atoms with Crippen LogP contribution in [0.5, 0.6) is 0 Å². The normalized spacial score (nSPS) is 17.4. The lowest BCUT2D eigenvalue weighted by molar-refractivity contribution is 0.0545. The zero-order valence-electron chi connectivity index (χ0n) is 8.71. The van der Waals surface area contributed by atoms with Crippen LogP contribution in [0.2, 0.25) is 5.02 Å². The van der Waals surface area contributed by atoms with Gasteiger partial charge in [0.2, 0.25) is 0 Å². The topological polar surface area (TPSA) is 26.3 Å². The molecule has 86 valence electrons. The second-order valence-corrected chi connectivity index (χ2v) is 5.26. The summed E-state index contributed by atoms with van der Waals surface area (Å²) in [6, 6.07) is 5.33. The fraction of sp³-hybridized carbons (Fsp3) is 0.417. The molecule has 0 saturated carbocycles. The van der Waals surface area contributed by atoms with Gasteiger partial charge in [0.1, 0.15) is 0 Å². The average molecular weight is 304 g/mol. The quantitative estimate of drug-likeness (QED) is 0.779. The minimum absolute atomic E-state index is 0.0825. The zero-order chi connectivity index (χ0) is 11.5. The van der Waals surface area contributed by atoms with E-state index in [0.717, 1.165) is 17.3 Å². The minimum Gasteiger partial charge on any atom is -0.381 e. The monoisotopic (exact) mass is 302 g/mol. The molecule has 1 saturated heterocycles. The van der Waals surface area contributed by atoms with Crippen LogP contribution in [0.25, 0.3) is 0 Å². The summed E-state index contributed by atoms with van der Waals surface area (Å²) in [4.78, 5) is 12.2. The van der Waals surface area contributed by atoms with Crippen LogP contribution in [0.3, 0.4) is 0 Å². The van der Waals surface area contributed by atoms with Gasteiger partial charge in [-0.1, -0.05) is 27.5 Å². The number of hydrogen-bond acceptors (Lipinski definition) is 2. The Kier molecular flexibility index (Phi) is 4.00. The summed E-state index contributed by atoms with van der Waals surface area (Å²) in [5.41, 5.74) is 0.686. The van der Waals surface area contributed by atoms with Crippen LogP contribution in [0.15, 0.2) is 22.7 Å². The predicted octanol–water partition coefficient (Wildman–Crippen LogP) is 3.71. The largest absolute Gasteiger partial charge is 0.381 e. The van der Waals surface area contributed by atoms with Crippen LogP contribution in [0.1, 0.15) is 23.2 Å². The van der Waals surface area contributed by atoms with Crippen LogP contribution in [0.4, 0.5) is 0 Å². The standard InChI is InChI=1S/C12H12BrClO2/c13-10-5-9(6-11(14)7-10)12(15)8-1-3-16-4-2-8/h5-8H,1-4H2. The number of halogens is 2. The number of ether oxygens (including phenoxy) is 1. The minimum atomic E-state index is 0.0825. The van der Waals surface area contributed by atoms with Gasteiger partial charge in [-0.2, -0.15) is 0 Å². The van der Waals surface area contributed by atoms with Crippen LogP contribution in [-0.4, -0.2) is 19.0 Å². The number of rotatable bonds is 2. The highest BCUT2D eigenvalue weighted by molar-refractivity contribution is 9.10. The Morgan fingerprint density at radius 2 is 2.00 bits per heavy atom. The first-order chi connectivity index (χ1) is 7.66. The van der Waals surface area contributed by atoms with Crippen molar-refractivity contribution in [1.29, 1.82) is 0 Å². The zero-order valence-corrected chi connectivity index (χ0v) is 11.1. The van der Waals surface area contributed by atoms with Crippen molar-refractivity contribution in [2.45, 2.75) is 12.8 Å². The first-order valence-corrected chi connectivity index (χ1v) is 6.42. The Bertz CT molecular complexity index is 380.